The summed E-state index contributed by atoms with van der Waals surface area (Å²) >= 11 is 0. The molecule has 0 saturated carbocycles. The molecule has 0 unspecified atom stereocenters. The summed E-state index contributed by atoms with van der Waals surface area (Å²) < 4.78 is 9.98. The summed E-state index contributed by atoms with van der Waals surface area (Å²) in [5.41, 5.74) is 0.386. The molecular formula is C13H15O6. The van der Waals surface area contributed by atoms with Crippen molar-refractivity contribution in [2.45, 2.75) is 24.4 Å². The van der Waals surface area contributed by atoms with Crippen LogP contribution >= 0.6 is 0 Å². The van der Waals surface area contributed by atoms with Crippen molar-refractivity contribution in [1.29, 1.82) is 0 Å². The molecular weight excluding hydrogens is 252 g/mol. The van der Waals surface area contributed by atoms with Crippen LogP contribution in [0.4, 0.5) is 0 Å². The lowest BCUT2D eigenvalue weighted by Crippen LogP contribution is -2.52. The molecule has 6 heteroatoms. The average molecular weight is 267 g/mol. The number of hydrogen-bond acceptors (Lipinski definition) is 6. The Bertz CT molecular complexity index is 420. The SMILES string of the molecule is O=C(OC[C@H]1O[CH][C@H](O)[C@@H](O)[C@@H]1O)c1ccccc1. The number of ether oxygens (including phenoxy) is 2. The molecule has 1 fully saturated rings. The quantitative estimate of drug-likeness (QED) is 0.638. The second-order valence-electron chi connectivity index (χ2n) is 4.25. The van der Waals surface area contributed by atoms with Gasteiger partial charge in [0, 0.05) is 0 Å². The Morgan fingerprint density at radius 1 is 1.16 bits per heavy atom. The third-order valence-corrected chi connectivity index (χ3v) is 2.86. The highest BCUT2D eigenvalue weighted by atomic mass is 16.6. The van der Waals surface area contributed by atoms with Crippen LogP contribution in [0.15, 0.2) is 30.3 Å². The summed E-state index contributed by atoms with van der Waals surface area (Å²) in [6.07, 6.45) is -4.82. The van der Waals surface area contributed by atoms with Crippen molar-refractivity contribution >= 4 is 5.97 Å². The van der Waals surface area contributed by atoms with Crippen LogP contribution in [0.2, 0.25) is 0 Å². The zero-order chi connectivity index (χ0) is 13.8. The number of aliphatic hydroxyl groups is 3. The second kappa shape index (κ2) is 6.12. The van der Waals surface area contributed by atoms with Crippen molar-refractivity contribution in [3.63, 3.8) is 0 Å². The van der Waals surface area contributed by atoms with Gasteiger partial charge in [-0.05, 0) is 12.1 Å². The standard InChI is InChI=1S/C13H15O6/c14-9-6-18-10(12(16)11(9)15)7-19-13(17)8-4-2-1-3-5-8/h1-6,9-12,14-16H,7H2/t9-,10+,11+,12+/m0/s1. The minimum atomic E-state index is -1.35. The Morgan fingerprint density at radius 3 is 2.53 bits per heavy atom. The molecule has 2 rings (SSSR count). The molecule has 1 saturated heterocycles. The van der Waals surface area contributed by atoms with Crippen molar-refractivity contribution in [1.82, 2.24) is 0 Å². The Morgan fingerprint density at radius 2 is 1.84 bits per heavy atom. The monoisotopic (exact) mass is 267 g/mol. The maximum Gasteiger partial charge on any atom is 0.338 e. The number of benzene rings is 1. The molecule has 1 aliphatic rings. The number of aliphatic hydroxyl groups excluding tert-OH is 3. The molecule has 19 heavy (non-hydrogen) atoms. The lowest BCUT2D eigenvalue weighted by atomic mass is 10.0. The van der Waals surface area contributed by atoms with Gasteiger partial charge >= 0.3 is 5.97 Å². The van der Waals surface area contributed by atoms with E-state index in [2.05, 4.69) is 0 Å². The normalized spacial score (nSPS) is 30.9. The molecule has 1 heterocycles. The van der Waals surface area contributed by atoms with E-state index in [-0.39, 0.29) is 6.61 Å². The number of rotatable bonds is 3. The van der Waals surface area contributed by atoms with Gasteiger partial charge in [-0.2, -0.15) is 0 Å². The highest BCUT2D eigenvalue weighted by Crippen LogP contribution is 2.18. The van der Waals surface area contributed by atoms with Crippen LogP contribution in [0.5, 0.6) is 0 Å². The first-order valence-corrected chi connectivity index (χ1v) is 5.85. The van der Waals surface area contributed by atoms with E-state index in [1.165, 1.54) is 0 Å². The highest BCUT2D eigenvalue weighted by Gasteiger charge is 2.38. The minimum Gasteiger partial charge on any atom is -0.459 e. The maximum atomic E-state index is 11.7. The molecule has 3 N–H and O–H groups in total. The number of carbonyl (C=O) groups excluding carboxylic acids is 1. The van der Waals surface area contributed by atoms with E-state index in [0.717, 1.165) is 6.61 Å². The number of hydrogen-bond donors (Lipinski definition) is 3. The van der Waals surface area contributed by atoms with Crippen LogP contribution in [0.25, 0.3) is 0 Å². The van der Waals surface area contributed by atoms with Crippen LogP contribution in [-0.4, -0.2) is 52.3 Å². The summed E-state index contributed by atoms with van der Waals surface area (Å²) in [5.74, 6) is -0.544. The fourth-order valence-electron chi connectivity index (χ4n) is 1.72. The van der Waals surface area contributed by atoms with Gasteiger partial charge in [0.25, 0.3) is 0 Å². The van der Waals surface area contributed by atoms with Gasteiger partial charge in [0.2, 0.25) is 0 Å². The van der Waals surface area contributed by atoms with Crippen molar-refractivity contribution in [2.75, 3.05) is 6.61 Å². The lowest BCUT2D eigenvalue weighted by molar-refractivity contribution is -0.170. The predicted octanol–water partition coefficient (Wildman–Crippen LogP) is -0.513. The van der Waals surface area contributed by atoms with Crippen molar-refractivity contribution < 1.29 is 29.6 Å². The van der Waals surface area contributed by atoms with Crippen LogP contribution in [-0.2, 0) is 9.47 Å². The maximum absolute atomic E-state index is 11.7. The van der Waals surface area contributed by atoms with Crippen LogP contribution in [0.1, 0.15) is 10.4 Å². The first-order chi connectivity index (χ1) is 9.09. The Balaban J connectivity index is 1.87. The molecule has 1 aromatic rings. The highest BCUT2D eigenvalue weighted by molar-refractivity contribution is 5.89. The topological polar surface area (TPSA) is 96.2 Å². The molecule has 1 aromatic carbocycles. The zero-order valence-electron chi connectivity index (χ0n) is 10.0. The Kier molecular flexibility index (Phi) is 4.49. The Labute approximate surface area is 110 Å². The van der Waals surface area contributed by atoms with E-state index in [1.54, 1.807) is 30.3 Å². The van der Waals surface area contributed by atoms with Gasteiger partial charge in [-0.3, -0.25) is 0 Å². The van der Waals surface area contributed by atoms with E-state index in [0.29, 0.717) is 5.56 Å². The van der Waals surface area contributed by atoms with Crippen molar-refractivity contribution in [2.24, 2.45) is 0 Å². The average Bonchev–Trinajstić information content (AvgIpc) is 2.45. The molecule has 6 nitrogen and oxygen atoms in total. The first-order valence-electron chi connectivity index (χ1n) is 5.85. The summed E-state index contributed by atoms with van der Waals surface area (Å²) in [6, 6.07) is 8.39. The molecule has 0 bridgehead atoms. The third kappa shape index (κ3) is 3.30. The van der Waals surface area contributed by atoms with Gasteiger partial charge in [-0.25, -0.2) is 4.79 Å². The Hall–Kier alpha value is -1.47. The number of carbonyl (C=O) groups is 1. The molecule has 0 spiro atoms. The fraction of sp³-hybridized carbons (Fsp3) is 0.385. The van der Waals surface area contributed by atoms with E-state index in [9.17, 15) is 20.1 Å². The van der Waals surface area contributed by atoms with Gasteiger partial charge in [0.1, 0.15) is 37.6 Å². The molecule has 1 radical (unpaired) electrons. The molecule has 4 atom stereocenters. The van der Waals surface area contributed by atoms with Crippen LogP contribution in [0, 0.1) is 6.61 Å². The van der Waals surface area contributed by atoms with Crippen molar-refractivity contribution in [3.8, 4) is 0 Å². The van der Waals surface area contributed by atoms with Gasteiger partial charge in [-0.1, -0.05) is 18.2 Å². The van der Waals surface area contributed by atoms with Crippen LogP contribution in [0.3, 0.4) is 0 Å². The molecule has 0 aliphatic carbocycles. The molecule has 1 aliphatic heterocycles. The van der Waals surface area contributed by atoms with Crippen LogP contribution < -0.4 is 0 Å². The van der Waals surface area contributed by atoms with E-state index in [1.807, 2.05) is 0 Å². The lowest BCUT2D eigenvalue weighted by Gasteiger charge is -2.34. The summed E-state index contributed by atoms with van der Waals surface area (Å²) in [5, 5.41) is 28.3. The fourth-order valence-corrected chi connectivity index (χ4v) is 1.72. The summed E-state index contributed by atoms with van der Waals surface area (Å²) in [7, 11) is 0. The van der Waals surface area contributed by atoms with Gasteiger partial charge < -0.3 is 24.8 Å². The van der Waals surface area contributed by atoms with Gasteiger partial charge in [-0.15, -0.1) is 0 Å². The predicted molar refractivity (Wildman–Crippen MR) is 63.9 cm³/mol. The smallest absolute Gasteiger partial charge is 0.338 e. The molecule has 103 valence electrons. The van der Waals surface area contributed by atoms with Gasteiger partial charge in [0.15, 0.2) is 0 Å². The second-order valence-corrected chi connectivity index (χ2v) is 4.25. The largest absolute Gasteiger partial charge is 0.459 e. The minimum absolute atomic E-state index is 0.213. The van der Waals surface area contributed by atoms with E-state index < -0.39 is 30.4 Å². The molecule has 0 aromatic heterocycles. The summed E-state index contributed by atoms with van der Waals surface area (Å²) in [4.78, 5) is 11.7. The number of esters is 1. The summed E-state index contributed by atoms with van der Waals surface area (Å²) in [6.45, 7) is 0.799. The van der Waals surface area contributed by atoms with E-state index in [4.69, 9.17) is 9.47 Å². The third-order valence-electron chi connectivity index (χ3n) is 2.86. The van der Waals surface area contributed by atoms with Crippen molar-refractivity contribution in [3.05, 3.63) is 42.5 Å². The van der Waals surface area contributed by atoms with E-state index >= 15 is 0 Å². The van der Waals surface area contributed by atoms with Gasteiger partial charge in [0.05, 0.1) is 5.56 Å². The first kappa shape index (κ1) is 14.0. The zero-order valence-corrected chi connectivity index (χ0v) is 10.0. The molecule has 0 amide bonds.